The molecule has 0 saturated heterocycles. The Bertz CT molecular complexity index is 1180. The van der Waals surface area contributed by atoms with Gasteiger partial charge in [0.15, 0.2) is 6.61 Å². The van der Waals surface area contributed by atoms with E-state index in [1.165, 1.54) is 24.3 Å². The topological polar surface area (TPSA) is 83.5 Å². The number of ketones is 1. The number of hydrogen-bond donors (Lipinski definition) is 1. The number of ether oxygens (including phenoxy) is 2. The van der Waals surface area contributed by atoms with Crippen LogP contribution in [0.3, 0.4) is 0 Å². The van der Waals surface area contributed by atoms with Crippen LogP contribution in [-0.2, 0) is 4.74 Å². The van der Waals surface area contributed by atoms with E-state index in [0.717, 1.165) is 5.69 Å². The Morgan fingerprint density at radius 3 is 2.34 bits per heavy atom. The van der Waals surface area contributed by atoms with Gasteiger partial charge in [0.25, 0.3) is 0 Å². The number of Topliss-reactive ketones (excluding diaryl/α,β-unsaturated/α-hetero) is 1. The molecule has 0 aliphatic carbocycles. The molecule has 2 aromatic carbocycles. The Morgan fingerprint density at radius 2 is 1.72 bits per heavy atom. The van der Waals surface area contributed by atoms with Crippen molar-refractivity contribution in [3.05, 3.63) is 75.0 Å². The molecule has 3 rings (SSSR count). The molecule has 0 radical (unpaired) electrons. The van der Waals surface area contributed by atoms with Crippen LogP contribution in [0.25, 0.3) is 5.69 Å². The van der Waals surface area contributed by atoms with Crippen molar-refractivity contribution in [3.63, 3.8) is 0 Å². The average Bonchev–Trinajstić information content (AvgIpc) is 3.03. The number of nitrogen functional groups attached to an aromatic ring is 1. The van der Waals surface area contributed by atoms with Gasteiger partial charge in [-0.2, -0.15) is 8.78 Å². The molecule has 3 aromatic rings. The third kappa shape index (κ3) is 5.03. The lowest BCUT2D eigenvalue weighted by molar-refractivity contribution is -0.0498. The van der Waals surface area contributed by atoms with E-state index < -0.39 is 25.0 Å². The van der Waals surface area contributed by atoms with Crippen molar-refractivity contribution in [1.29, 1.82) is 0 Å². The third-order valence-electron chi connectivity index (χ3n) is 4.70. The van der Waals surface area contributed by atoms with Crippen LogP contribution in [0.5, 0.6) is 5.75 Å². The quantitative estimate of drug-likeness (QED) is 0.268. The van der Waals surface area contributed by atoms with Gasteiger partial charge in [0.1, 0.15) is 5.75 Å². The maximum absolute atomic E-state index is 12.7. The fourth-order valence-corrected chi connectivity index (χ4v) is 3.75. The molecule has 0 unspecified atom stereocenters. The molecule has 10 heteroatoms. The summed E-state index contributed by atoms with van der Waals surface area (Å²) in [5.74, 6) is -1.24. The van der Waals surface area contributed by atoms with Gasteiger partial charge in [0, 0.05) is 27.7 Å². The molecule has 0 bridgehead atoms. The van der Waals surface area contributed by atoms with Crippen LogP contribution in [0, 0.1) is 13.8 Å². The second kappa shape index (κ2) is 9.58. The number of rotatable bonds is 7. The molecule has 1 heterocycles. The number of esters is 1. The Balaban J connectivity index is 1.77. The maximum atomic E-state index is 12.7. The first kappa shape index (κ1) is 23.6. The molecule has 0 aliphatic rings. The smallest absolute Gasteiger partial charge is 0.387 e. The molecule has 0 saturated carbocycles. The number of nitrogens with two attached hydrogens (primary N) is 1. The van der Waals surface area contributed by atoms with Crippen LogP contribution in [0.2, 0.25) is 10.0 Å². The summed E-state index contributed by atoms with van der Waals surface area (Å²) < 4.78 is 35.9. The van der Waals surface area contributed by atoms with Gasteiger partial charge in [-0.25, -0.2) is 4.79 Å². The van der Waals surface area contributed by atoms with Gasteiger partial charge >= 0.3 is 12.6 Å². The Labute approximate surface area is 192 Å². The summed E-state index contributed by atoms with van der Waals surface area (Å²) in [5.41, 5.74) is 8.08. The predicted octanol–water partition coefficient (Wildman–Crippen LogP) is 5.62. The molecule has 1 aromatic heterocycles. The summed E-state index contributed by atoms with van der Waals surface area (Å²) >= 11 is 11.8. The fourth-order valence-electron chi connectivity index (χ4n) is 3.26. The summed E-state index contributed by atoms with van der Waals surface area (Å²) in [6.07, 6.45) is 0. The standard InChI is InChI=1S/C22H18Cl2F2N2O4/c1-11-7-16(12(2)28(11)14-3-5-15(6-4-14)32-22(25)26)19(29)10-31-21(30)17-8-13(23)9-18(24)20(17)27/h3-9,22H,10,27H2,1-2H3. The Morgan fingerprint density at radius 1 is 1.06 bits per heavy atom. The number of carbonyl (C=O) groups excluding carboxylic acids is 2. The molecule has 32 heavy (non-hydrogen) atoms. The second-order valence-electron chi connectivity index (χ2n) is 6.84. The number of aryl methyl sites for hydroxylation is 1. The number of nitrogens with zero attached hydrogens (tertiary/aromatic N) is 1. The predicted molar refractivity (Wildman–Crippen MR) is 117 cm³/mol. The maximum Gasteiger partial charge on any atom is 0.387 e. The number of anilines is 1. The number of carbonyl (C=O) groups is 2. The number of alkyl halides is 2. The zero-order valence-corrected chi connectivity index (χ0v) is 18.5. The van der Waals surface area contributed by atoms with E-state index in [4.69, 9.17) is 33.7 Å². The minimum absolute atomic E-state index is 0.00552. The first-order valence-electron chi connectivity index (χ1n) is 9.27. The van der Waals surface area contributed by atoms with Crippen LogP contribution >= 0.6 is 23.2 Å². The molecular formula is C22H18Cl2F2N2O4. The Hall–Kier alpha value is -3.10. The van der Waals surface area contributed by atoms with Crippen LogP contribution in [0.1, 0.15) is 32.1 Å². The molecule has 168 valence electrons. The number of benzene rings is 2. The monoisotopic (exact) mass is 482 g/mol. The van der Waals surface area contributed by atoms with Gasteiger partial charge < -0.3 is 19.8 Å². The van der Waals surface area contributed by atoms with Gasteiger partial charge in [0.2, 0.25) is 5.78 Å². The van der Waals surface area contributed by atoms with Crippen molar-refractivity contribution in [1.82, 2.24) is 4.57 Å². The molecule has 0 fully saturated rings. The third-order valence-corrected chi connectivity index (χ3v) is 5.23. The van der Waals surface area contributed by atoms with Crippen LogP contribution in [-0.4, -0.2) is 29.5 Å². The second-order valence-corrected chi connectivity index (χ2v) is 7.68. The first-order chi connectivity index (χ1) is 15.1. The van der Waals surface area contributed by atoms with E-state index in [1.807, 2.05) is 0 Å². The number of halogens is 4. The highest BCUT2D eigenvalue weighted by atomic mass is 35.5. The largest absolute Gasteiger partial charge is 0.454 e. The van der Waals surface area contributed by atoms with Gasteiger partial charge in [-0.1, -0.05) is 23.2 Å². The van der Waals surface area contributed by atoms with E-state index in [-0.39, 0.29) is 27.0 Å². The summed E-state index contributed by atoms with van der Waals surface area (Å²) in [5, 5.41) is 0.306. The van der Waals surface area contributed by atoms with E-state index >= 15 is 0 Å². The van der Waals surface area contributed by atoms with Gasteiger partial charge in [-0.05, 0) is 56.3 Å². The van der Waals surface area contributed by atoms with E-state index in [1.54, 1.807) is 36.6 Å². The molecule has 0 spiro atoms. The highest BCUT2D eigenvalue weighted by molar-refractivity contribution is 6.37. The van der Waals surface area contributed by atoms with Crippen molar-refractivity contribution in [2.75, 3.05) is 12.3 Å². The van der Waals surface area contributed by atoms with Crippen LogP contribution in [0.15, 0.2) is 42.5 Å². The van der Waals surface area contributed by atoms with Gasteiger partial charge in [-0.3, -0.25) is 4.79 Å². The lowest BCUT2D eigenvalue weighted by Crippen LogP contribution is -2.16. The van der Waals surface area contributed by atoms with Crippen molar-refractivity contribution in [3.8, 4) is 11.4 Å². The van der Waals surface area contributed by atoms with Crippen LogP contribution < -0.4 is 10.5 Å². The van der Waals surface area contributed by atoms with Crippen LogP contribution in [0.4, 0.5) is 14.5 Å². The lowest BCUT2D eigenvalue weighted by Gasteiger charge is -2.11. The number of aromatic nitrogens is 1. The van der Waals surface area contributed by atoms with Crippen molar-refractivity contribution in [2.45, 2.75) is 20.5 Å². The van der Waals surface area contributed by atoms with Crippen molar-refractivity contribution in [2.24, 2.45) is 0 Å². The van der Waals surface area contributed by atoms with Gasteiger partial charge in [0.05, 0.1) is 16.3 Å². The lowest BCUT2D eigenvalue weighted by atomic mass is 10.1. The van der Waals surface area contributed by atoms with Gasteiger partial charge in [-0.15, -0.1) is 0 Å². The highest BCUT2D eigenvalue weighted by Gasteiger charge is 2.20. The summed E-state index contributed by atoms with van der Waals surface area (Å²) in [4.78, 5) is 25.1. The molecule has 0 atom stereocenters. The van der Waals surface area contributed by atoms with E-state index in [2.05, 4.69) is 4.74 Å². The van der Waals surface area contributed by atoms with E-state index in [9.17, 15) is 18.4 Å². The summed E-state index contributed by atoms with van der Waals surface area (Å²) in [7, 11) is 0. The summed E-state index contributed by atoms with van der Waals surface area (Å²) in [6.45, 7) is 0.0727. The normalized spacial score (nSPS) is 11.0. The molecular weight excluding hydrogens is 465 g/mol. The van der Waals surface area contributed by atoms with E-state index in [0.29, 0.717) is 16.9 Å². The molecule has 0 aliphatic heterocycles. The minimum Gasteiger partial charge on any atom is -0.454 e. The highest BCUT2D eigenvalue weighted by Crippen LogP contribution is 2.28. The van der Waals surface area contributed by atoms with Crippen molar-refractivity contribution < 1.29 is 27.8 Å². The molecule has 0 amide bonds. The molecule has 2 N–H and O–H groups in total. The average molecular weight is 483 g/mol. The number of hydrogen-bond acceptors (Lipinski definition) is 5. The minimum atomic E-state index is -2.92. The zero-order chi connectivity index (χ0) is 23.6. The fraction of sp³-hybridized carbons (Fsp3) is 0.182. The first-order valence-corrected chi connectivity index (χ1v) is 10.0. The van der Waals surface area contributed by atoms with Crippen molar-refractivity contribution >= 4 is 40.6 Å². The summed E-state index contributed by atoms with van der Waals surface area (Å²) in [6, 6.07) is 10.4. The SMILES string of the molecule is Cc1cc(C(=O)COC(=O)c2cc(Cl)cc(Cl)c2N)c(C)n1-c1ccc(OC(F)F)cc1. The molecule has 6 nitrogen and oxygen atoms in total. The Kier molecular flexibility index (Phi) is 7.06. The zero-order valence-electron chi connectivity index (χ0n) is 17.0.